The molecule has 1 aromatic heterocycles. The number of pyridine rings is 1. The molecule has 0 aliphatic heterocycles. The summed E-state index contributed by atoms with van der Waals surface area (Å²) in [6.45, 7) is 0. The van der Waals surface area contributed by atoms with E-state index in [2.05, 4.69) is 20.9 Å². The third kappa shape index (κ3) is 1.35. The summed E-state index contributed by atoms with van der Waals surface area (Å²) in [5, 5.41) is 0. The average Bonchev–Trinajstić information content (AvgIpc) is 1.77. The molecule has 0 radical (unpaired) electrons. The van der Waals surface area contributed by atoms with Crippen LogP contribution in [0.25, 0.3) is 0 Å². The van der Waals surface area contributed by atoms with Gasteiger partial charge >= 0.3 is 65.8 Å². The molecular formula is C5H3BrLiN. The Morgan fingerprint density at radius 2 is 2.38 bits per heavy atom. The summed E-state index contributed by atoms with van der Waals surface area (Å²) in [5.74, 6) is 0. The van der Waals surface area contributed by atoms with Crippen molar-refractivity contribution in [3.05, 3.63) is 22.9 Å². The van der Waals surface area contributed by atoms with Crippen molar-refractivity contribution in [3.8, 4) is 0 Å². The summed E-state index contributed by atoms with van der Waals surface area (Å²) >= 11 is 5.30. The summed E-state index contributed by atoms with van der Waals surface area (Å²) in [5.41, 5.74) is 0. The maximum absolute atomic E-state index is 4.00. The monoisotopic (exact) mass is 163 g/mol. The Morgan fingerprint density at radius 1 is 1.62 bits per heavy atom. The zero-order valence-electron chi connectivity index (χ0n) is 4.56. The van der Waals surface area contributed by atoms with Gasteiger partial charge in [0, 0.05) is 0 Å². The molecule has 0 fully saturated rings. The van der Waals surface area contributed by atoms with E-state index >= 15 is 0 Å². The Kier molecular flexibility index (Phi) is 2.13. The van der Waals surface area contributed by atoms with Crippen LogP contribution in [-0.2, 0) is 0 Å². The van der Waals surface area contributed by atoms with E-state index in [1.165, 1.54) is 4.24 Å². The molecule has 0 saturated carbocycles. The Labute approximate surface area is 65.8 Å². The van der Waals surface area contributed by atoms with Crippen molar-refractivity contribution in [2.24, 2.45) is 0 Å². The molecule has 1 aromatic rings. The second-order valence-electron chi connectivity index (χ2n) is 1.61. The quantitative estimate of drug-likeness (QED) is 0.405. The Bertz CT molecular complexity index is 169. The van der Waals surface area contributed by atoms with Gasteiger partial charge in [0.15, 0.2) is 0 Å². The first kappa shape index (κ1) is 6.35. The van der Waals surface area contributed by atoms with Crippen LogP contribution in [0.3, 0.4) is 0 Å². The number of nitrogens with zero attached hydrogens (tertiary/aromatic N) is 1. The molecule has 3 heteroatoms. The van der Waals surface area contributed by atoms with Crippen LogP contribution in [0, 0.1) is 0 Å². The van der Waals surface area contributed by atoms with Crippen molar-refractivity contribution in [3.63, 3.8) is 0 Å². The molecule has 0 aromatic carbocycles. The summed E-state index contributed by atoms with van der Waals surface area (Å²) in [6, 6.07) is 3.93. The van der Waals surface area contributed by atoms with Gasteiger partial charge in [0.1, 0.15) is 0 Å². The van der Waals surface area contributed by atoms with Gasteiger partial charge in [-0.25, -0.2) is 0 Å². The van der Waals surface area contributed by atoms with E-state index in [-0.39, 0.29) is 0 Å². The number of hydrogen-bond acceptors (Lipinski definition) is 1. The van der Waals surface area contributed by atoms with Gasteiger partial charge in [0.05, 0.1) is 0 Å². The summed E-state index contributed by atoms with van der Waals surface area (Å²) in [6.07, 6.45) is 1.76. The van der Waals surface area contributed by atoms with E-state index in [0.717, 1.165) is 4.60 Å². The van der Waals surface area contributed by atoms with Gasteiger partial charge in [-0.3, -0.25) is 0 Å². The molecule has 0 atom stereocenters. The molecule has 1 rings (SSSR count). The van der Waals surface area contributed by atoms with Crippen LogP contribution in [0.4, 0.5) is 0 Å². The molecule has 0 N–H and O–H groups in total. The first-order chi connectivity index (χ1) is 3.80. The van der Waals surface area contributed by atoms with Gasteiger partial charge in [-0.05, 0) is 0 Å². The normalized spacial score (nSPS) is 9.38. The average molecular weight is 164 g/mol. The van der Waals surface area contributed by atoms with E-state index < -0.39 is 0 Å². The SMILES string of the molecule is [Li][c]1cccnc1Br. The maximum atomic E-state index is 4.00. The number of hydrogen-bond donors (Lipinski definition) is 0. The van der Waals surface area contributed by atoms with Crippen molar-refractivity contribution < 1.29 is 0 Å². The van der Waals surface area contributed by atoms with Crippen LogP contribution in [0.5, 0.6) is 0 Å². The van der Waals surface area contributed by atoms with Gasteiger partial charge in [-0.15, -0.1) is 0 Å². The third-order valence-electron chi connectivity index (χ3n) is 0.946. The van der Waals surface area contributed by atoms with Gasteiger partial charge in [0.25, 0.3) is 0 Å². The molecule has 0 saturated heterocycles. The molecule has 1 nitrogen and oxygen atoms in total. The number of halogens is 1. The fraction of sp³-hybridized carbons (Fsp3) is 0. The number of rotatable bonds is 0. The molecule has 0 spiro atoms. The second kappa shape index (κ2) is 2.68. The summed E-state index contributed by atoms with van der Waals surface area (Å²) in [7, 11) is 0. The van der Waals surface area contributed by atoms with Gasteiger partial charge < -0.3 is 0 Å². The number of aromatic nitrogens is 1. The Morgan fingerprint density at radius 3 is 2.75 bits per heavy atom. The zero-order chi connectivity index (χ0) is 5.98. The van der Waals surface area contributed by atoms with Crippen LogP contribution in [0.15, 0.2) is 22.9 Å². The van der Waals surface area contributed by atoms with Gasteiger partial charge in [-0.1, -0.05) is 0 Å². The fourth-order valence-electron chi connectivity index (χ4n) is 0.466. The third-order valence-corrected chi connectivity index (χ3v) is 1.78. The second-order valence-corrected chi connectivity index (χ2v) is 2.36. The first-order valence-electron chi connectivity index (χ1n) is 2.38. The van der Waals surface area contributed by atoms with E-state index in [0.29, 0.717) is 0 Å². The Balaban J connectivity index is 3.13. The van der Waals surface area contributed by atoms with Gasteiger partial charge in [0.2, 0.25) is 0 Å². The van der Waals surface area contributed by atoms with Crippen LogP contribution >= 0.6 is 15.9 Å². The minimum absolute atomic E-state index is 0.931. The molecule has 0 aliphatic rings. The summed E-state index contributed by atoms with van der Waals surface area (Å²) in [4.78, 5) is 4.00. The molecule has 0 bridgehead atoms. The molecule has 0 amide bonds. The zero-order valence-corrected chi connectivity index (χ0v) is 6.14. The Hall–Kier alpha value is 0.227. The van der Waals surface area contributed by atoms with E-state index in [9.17, 15) is 0 Å². The van der Waals surface area contributed by atoms with Crippen molar-refractivity contribution in [1.82, 2.24) is 4.98 Å². The van der Waals surface area contributed by atoms with Crippen molar-refractivity contribution in [2.75, 3.05) is 0 Å². The molecule has 36 valence electrons. The topological polar surface area (TPSA) is 12.9 Å². The molecule has 0 aliphatic carbocycles. The van der Waals surface area contributed by atoms with E-state index in [1.54, 1.807) is 6.20 Å². The molecule has 0 unspecified atom stereocenters. The van der Waals surface area contributed by atoms with Crippen molar-refractivity contribution in [1.29, 1.82) is 0 Å². The summed E-state index contributed by atoms with van der Waals surface area (Å²) < 4.78 is 2.10. The molecule has 8 heavy (non-hydrogen) atoms. The van der Waals surface area contributed by atoms with Crippen molar-refractivity contribution in [2.45, 2.75) is 0 Å². The minimum atomic E-state index is 0.931. The van der Waals surface area contributed by atoms with Crippen LogP contribution in [0.1, 0.15) is 0 Å². The molecule has 1 heterocycles. The van der Waals surface area contributed by atoms with Crippen LogP contribution in [0.2, 0.25) is 0 Å². The van der Waals surface area contributed by atoms with Crippen molar-refractivity contribution >= 4 is 37.9 Å². The fourth-order valence-corrected chi connectivity index (χ4v) is 0.717. The standard InChI is InChI=1S/C5H3BrN.Li/c6-5-3-1-2-4-7-5;/h1-2,4H;. The molecular weight excluding hydrogens is 161 g/mol. The predicted octanol–water partition coefficient (Wildman–Crippen LogP) is 0.638. The first-order valence-corrected chi connectivity index (χ1v) is 3.17. The van der Waals surface area contributed by atoms with Crippen LogP contribution in [-0.4, -0.2) is 22.7 Å². The van der Waals surface area contributed by atoms with Crippen LogP contribution < -0.4 is 4.24 Å². The van der Waals surface area contributed by atoms with E-state index in [1.807, 2.05) is 29.8 Å². The predicted molar refractivity (Wildman–Crippen MR) is 37.3 cm³/mol. The van der Waals surface area contributed by atoms with E-state index in [4.69, 9.17) is 0 Å². The van der Waals surface area contributed by atoms with Gasteiger partial charge in [-0.2, -0.15) is 0 Å².